The lowest BCUT2D eigenvalue weighted by Crippen LogP contribution is -2.01. The molecule has 13 heavy (non-hydrogen) atoms. The Morgan fingerprint density at radius 1 is 1.46 bits per heavy atom. The van der Waals surface area contributed by atoms with Crippen LogP contribution in [-0.2, 0) is 6.54 Å². The molecule has 0 unspecified atom stereocenters. The van der Waals surface area contributed by atoms with Crippen molar-refractivity contribution in [3.05, 3.63) is 32.8 Å². The van der Waals surface area contributed by atoms with Gasteiger partial charge in [0.05, 0.1) is 0 Å². The van der Waals surface area contributed by atoms with Crippen molar-refractivity contribution < 1.29 is 0 Å². The van der Waals surface area contributed by atoms with Crippen molar-refractivity contribution in [3.8, 4) is 0 Å². The van der Waals surface area contributed by atoms with E-state index in [1.807, 2.05) is 6.07 Å². The van der Waals surface area contributed by atoms with Crippen LogP contribution in [0.2, 0.25) is 5.02 Å². The van der Waals surface area contributed by atoms with Gasteiger partial charge < -0.3 is 5.73 Å². The number of rotatable bonds is 2. The van der Waals surface area contributed by atoms with Crippen LogP contribution in [-0.4, -0.2) is 0 Å². The minimum absolute atomic E-state index is 0.540. The molecule has 0 amide bonds. The van der Waals surface area contributed by atoms with Crippen LogP contribution in [0.1, 0.15) is 29.9 Å². The van der Waals surface area contributed by atoms with Gasteiger partial charge in [-0.1, -0.05) is 27.5 Å². The van der Waals surface area contributed by atoms with E-state index in [4.69, 9.17) is 17.3 Å². The van der Waals surface area contributed by atoms with Gasteiger partial charge in [0.15, 0.2) is 0 Å². The van der Waals surface area contributed by atoms with Gasteiger partial charge in [0, 0.05) is 16.0 Å². The fourth-order valence-electron chi connectivity index (χ4n) is 1.60. The highest BCUT2D eigenvalue weighted by Gasteiger charge is 2.26. The fraction of sp³-hybridized carbons (Fsp3) is 0.400. The monoisotopic (exact) mass is 259 g/mol. The van der Waals surface area contributed by atoms with Crippen molar-refractivity contribution in [3.63, 3.8) is 0 Å². The third-order valence-electron chi connectivity index (χ3n) is 2.42. The van der Waals surface area contributed by atoms with Crippen molar-refractivity contribution in [2.45, 2.75) is 25.3 Å². The summed E-state index contributed by atoms with van der Waals surface area (Å²) >= 11 is 9.54. The van der Waals surface area contributed by atoms with Gasteiger partial charge in [-0.15, -0.1) is 0 Å². The zero-order valence-corrected chi connectivity index (χ0v) is 9.53. The minimum atomic E-state index is 0.540. The minimum Gasteiger partial charge on any atom is -0.326 e. The van der Waals surface area contributed by atoms with Crippen LogP contribution >= 0.6 is 27.5 Å². The maximum atomic E-state index is 6.10. The summed E-state index contributed by atoms with van der Waals surface area (Å²) in [5, 5.41) is 0.791. The molecule has 1 nitrogen and oxygen atoms in total. The third kappa shape index (κ3) is 1.90. The van der Waals surface area contributed by atoms with E-state index in [9.17, 15) is 0 Å². The second kappa shape index (κ2) is 3.60. The van der Waals surface area contributed by atoms with Crippen molar-refractivity contribution in [2.24, 2.45) is 5.73 Å². The summed E-state index contributed by atoms with van der Waals surface area (Å²) in [6.45, 7) is 0.540. The predicted octanol–water partition coefficient (Wildman–Crippen LogP) is 3.44. The summed E-state index contributed by atoms with van der Waals surface area (Å²) < 4.78 is 1.05. The third-order valence-corrected chi connectivity index (χ3v) is 3.21. The van der Waals surface area contributed by atoms with Gasteiger partial charge >= 0.3 is 0 Å². The van der Waals surface area contributed by atoms with Crippen LogP contribution in [0, 0.1) is 0 Å². The zero-order valence-electron chi connectivity index (χ0n) is 7.19. The standard InChI is InChI=1S/C10H11BrClN/c11-7-3-8(6-1-2-6)9(5-13)10(12)4-7/h3-4,6H,1-2,5,13H2. The van der Waals surface area contributed by atoms with Crippen molar-refractivity contribution in [2.75, 3.05) is 0 Å². The molecular formula is C10H11BrClN. The molecule has 0 aromatic heterocycles. The SMILES string of the molecule is NCc1c(Cl)cc(Br)cc1C1CC1. The highest BCUT2D eigenvalue weighted by molar-refractivity contribution is 9.10. The summed E-state index contributed by atoms with van der Waals surface area (Å²) in [6, 6.07) is 4.06. The normalized spacial score (nSPS) is 16.2. The Bertz CT molecular complexity index is 334. The van der Waals surface area contributed by atoms with Gasteiger partial charge in [-0.3, -0.25) is 0 Å². The molecule has 0 bridgehead atoms. The molecule has 0 heterocycles. The van der Waals surface area contributed by atoms with E-state index in [0.29, 0.717) is 12.5 Å². The summed E-state index contributed by atoms with van der Waals surface area (Å²) in [6.07, 6.45) is 2.56. The molecule has 1 saturated carbocycles. The Kier molecular flexibility index (Phi) is 2.63. The first-order valence-electron chi connectivity index (χ1n) is 4.40. The maximum absolute atomic E-state index is 6.10. The van der Waals surface area contributed by atoms with Crippen LogP contribution < -0.4 is 5.73 Å². The lowest BCUT2D eigenvalue weighted by molar-refractivity contribution is 0.995. The highest BCUT2D eigenvalue weighted by Crippen LogP contribution is 2.44. The Balaban J connectivity index is 2.50. The second-order valence-corrected chi connectivity index (χ2v) is 4.76. The zero-order chi connectivity index (χ0) is 9.42. The first-order chi connectivity index (χ1) is 6.22. The number of nitrogens with two attached hydrogens (primary N) is 1. The van der Waals surface area contributed by atoms with E-state index in [2.05, 4.69) is 22.0 Å². The molecule has 1 aromatic carbocycles. The second-order valence-electron chi connectivity index (χ2n) is 3.43. The number of halogens is 2. The van der Waals surface area contributed by atoms with Crippen molar-refractivity contribution in [1.29, 1.82) is 0 Å². The molecule has 1 fully saturated rings. The Labute approximate surface area is 91.4 Å². The smallest absolute Gasteiger partial charge is 0.0464 e. The summed E-state index contributed by atoms with van der Waals surface area (Å²) in [5.74, 6) is 0.702. The van der Waals surface area contributed by atoms with E-state index in [1.54, 1.807) is 0 Å². The first kappa shape index (κ1) is 9.50. The molecule has 1 aliphatic carbocycles. The lowest BCUT2D eigenvalue weighted by atomic mass is 10.0. The molecule has 0 saturated heterocycles. The molecule has 1 aliphatic rings. The van der Waals surface area contributed by atoms with Crippen LogP contribution in [0.25, 0.3) is 0 Å². The number of hydrogen-bond acceptors (Lipinski definition) is 1. The van der Waals surface area contributed by atoms with E-state index in [0.717, 1.165) is 15.1 Å². The molecule has 2 rings (SSSR count). The van der Waals surface area contributed by atoms with Gasteiger partial charge in [-0.05, 0) is 42.0 Å². The number of hydrogen-bond donors (Lipinski definition) is 1. The number of benzene rings is 1. The molecule has 0 aliphatic heterocycles. The lowest BCUT2D eigenvalue weighted by Gasteiger charge is -2.09. The van der Waals surface area contributed by atoms with E-state index < -0.39 is 0 Å². The van der Waals surface area contributed by atoms with Crippen LogP contribution in [0.5, 0.6) is 0 Å². The van der Waals surface area contributed by atoms with Gasteiger partial charge in [-0.25, -0.2) is 0 Å². The summed E-state index contributed by atoms with van der Waals surface area (Å²) in [7, 11) is 0. The average Bonchev–Trinajstić information content (AvgIpc) is 2.85. The molecule has 0 atom stereocenters. The Hall–Kier alpha value is -0.0500. The molecule has 0 radical (unpaired) electrons. The van der Waals surface area contributed by atoms with Crippen LogP contribution in [0.4, 0.5) is 0 Å². The van der Waals surface area contributed by atoms with Crippen molar-refractivity contribution >= 4 is 27.5 Å². The van der Waals surface area contributed by atoms with E-state index >= 15 is 0 Å². The van der Waals surface area contributed by atoms with Gasteiger partial charge in [0.2, 0.25) is 0 Å². The van der Waals surface area contributed by atoms with Gasteiger partial charge in [0.25, 0.3) is 0 Å². The quantitative estimate of drug-likeness (QED) is 0.866. The van der Waals surface area contributed by atoms with Gasteiger partial charge in [-0.2, -0.15) is 0 Å². The Morgan fingerprint density at radius 3 is 2.69 bits per heavy atom. The highest BCUT2D eigenvalue weighted by atomic mass is 79.9. The molecular weight excluding hydrogens is 249 g/mol. The molecule has 70 valence electrons. The van der Waals surface area contributed by atoms with Crippen LogP contribution in [0.3, 0.4) is 0 Å². The summed E-state index contributed by atoms with van der Waals surface area (Å²) in [4.78, 5) is 0. The molecule has 0 spiro atoms. The van der Waals surface area contributed by atoms with E-state index in [1.165, 1.54) is 18.4 Å². The predicted molar refractivity (Wildman–Crippen MR) is 59.0 cm³/mol. The van der Waals surface area contributed by atoms with Crippen molar-refractivity contribution in [1.82, 2.24) is 0 Å². The molecule has 1 aromatic rings. The Morgan fingerprint density at radius 2 is 2.15 bits per heavy atom. The topological polar surface area (TPSA) is 26.0 Å². The molecule has 2 N–H and O–H groups in total. The van der Waals surface area contributed by atoms with E-state index in [-0.39, 0.29) is 0 Å². The van der Waals surface area contributed by atoms with Crippen LogP contribution in [0.15, 0.2) is 16.6 Å². The largest absolute Gasteiger partial charge is 0.326 e. The molecule has 3 heteroatoms. The average molecular weight is 261 g/mol. The fourth-order valence-corrected chi connectivity index (χ4v) is 2.51. The van der Waals surface area contributed by atoms with Gasteiger partial charge in [0.1, 0.15) is 0 Å². The summed E-state index contributed by atoms with van der Waals surface area (Å²) in [5.41, 5.74) is 8.12. The maximum Gasteiger partial charge on any atom is 0.0464 e. The first-order valence-corrected chi connectivity index (χ1v) is 5.57.